The fraction of sp³-hybridized carbons (Fsp3) is 0.536. The topological polar surface area (TPSA) is 168 Å². The molecule has 1 heterocycles. The molecule has 210 valence electrons. The fourth-order valence-electron chi connectivity index (χ4n) is 7.17. The molecule has 39 heavy (non-hydrogen) atoms. The van der Waals surface area contributed by atoms with Crippen molar-refractivity contribution < 1.29 is 34.8 Å². The standard InChI is InChI=1S/C28H36N4O7/c1-11(2)32-9-14-15(10-32)22(33)18-13(20(14)30(3)4)7-12-8-16-21(31(5)6)24(35)19(27(29)38)26(37)28(16,39)25(36)17(12)23(18)34/h11-12,16,21,33-34,37,39H,7-10H2,1-6H3,(H2,29,38)/t12-,16-,21-,28-/m0/s1. The minimum atomic E-state index is -2.64. The predicted octanol–water partition coefficient (Wildman–Crippen LogP) is 0.754. The quantitative estimate of drug-likeness (QED) is 0.344. The minimum Gasteiger partial charge on any atom is -0.508 e. The Morgan fingerprint density at radius 3 is 2.21 bits per heavy atom. The number of rotatable bonds is 4. The van der Waals surface area contributed by atoms with Crippen molar-refractivity contribution in [2.75, 3.05) is 33.1 Å². The lowest BCUT2D eigenvalue weighted by Gasteiger charge is -2.50. The number of amides is 1. The summed E-state index contributed by atoms with van der Waals surface area (Å²) in [7, 11) is 6.95. The van der Waals surface area contributed by atoms with Crippen molar-refractivity contribution >= 4 is 28.9 Å². The molecule has 11 nitrogen and oxygen atoms in total. The number of phenolic OH excluding ortho intramolecular Hbond substituents is 1. The van der Waals surface area contributed by atoms with E-state index in [1.807, 2.05) is 19.0 Å². The lowest BCUT2D eigenvalue weighted by molar-refractivity contribution is -0.153. The molecule has 0 radical (unpaired) electrons. The first-order valence-electron chi connectivity index (χ1n) is 13.1. The third-order valence-electron chi connectivity index (χ3n) is 8.97. The molecule has 0 bridgehead atoms. The SMILES string of the molecule is CC(C)N1Cc2c(O)c3c(c(N(C)C)c2C1)C[C@H]1C[C@H]2[C@H](N(C)C)C(=O)C(C(N)=O)=C(O)[C@@]2(O)C(=O)C1=C3O. The van der Waals surface area contributed by atoms with Crippen molar-refractivity contribution in [2.45, 2.75) is 57.5 Å². The van der Waals surface area contributed by atoms with Gasteiger partial charge in [0.2, 0.25) is 5.78 Å². The van der Waals surface area contributed by atoms with Gasteiger partial charge in [0, 0.05) is 56.0 Å². The van der Waals surface area contributed by atoms with E-state index < -0.39 is 58.0 Å². The van der Waals surface area contributed by atoms with Gasteiger partial charge < -0.3 is 31.1 Å². The molecule has 0 spiro atoms. The van der Waals surface area contributed by atoms with Crippen LogP contribution >= 0.6 is 0 Å². The Morgan fingerprint density at radius 2 is 1.67 bits per heavy atom. The van der Waals surface area contributed by atoms with Crippen LogP contribution in [0, 0.1) is 11.8 Å². The van der Waals surface area contributed by atoms with E-state index in [1.54, 1.807) is 14.1 Å². The van der Waals surface area contributed by atoms with Gasteiger partial charge in [-0.1, -0.05) is 0 Å². The normalized spacial score (nSPS) is 28.6. The molecule has 1 aromatic rings. The summed E-state index contributed by atoms with van der Waals surface area (Å²) in [5.41, 5.74) is 5.11. The Kier molecular flexibility index (Phi) is 6.13. The molecule has 1 aromatic carbocycles. The van der Waals surface area contributed by atoms with E-state index in [0.29, 0.717) is 24.2 Å². The molecule has 3 aliphatic carbocycles. The first-order chi connectivity index (χ1) is 18.1. The molecule has 4 aliphatic rings. The maximum absolute atomic E-state index is 14.1. The van der Waals surface area contributed by atoms with Gasteiger partial charge in [0.15, 0.2) is 11.4 Å². The van der Waals surface area contributed by atoms with Crippen LogP contribution in [0.2, 0.25) is 0 Å². The lowest BCUT2D eigenvalue weighted by atomic mass is 9.57. The summed E-state index contributed by atoms with van der Waals surface area (Å²) in [4.78, 5) is 45.1. The van der Waals surface area contributed by atoms with Gasteiger partial charge in [-0.3, -0.25) is 24.2 Å². The summed E-state index contributed by atoms with van der Waals surface area (Å²) in [6.45, 7) is 5.22. The number of aromatic hydroxyl groups is 1. The number of anilines is 1. The summed E-state index contributed by atoms with van der Waals surface area (Å²) in [6, 6.07) is -0.893. The Morgan fingerprint density at radius 1 is 1.05 bits per heavy atom. The van der Waals surface area contributed by atoms with Crippen LogP contribution < -0.4 is 10.6 Å². The number of aliphatic hydroxyl groups is 3. The summed E-state index contributed by atoms with van der Waals surface area (Å²) in [6.07, 6.45) is 0.333. The Balaban J connectivity index is 1.76. The number of nitrogens with zero attached hydrogens (tertiary/aromatic N) is 3. The Hall–Kier alpha value is -3.41. The number of likely N-dealkylation sites (N-methyl/N-ethyl adjacent to an activating group) is 1. The number of hydrogen-bond acceptors (Lipinski definition) is 10. The van der Waals surface area contributed by atoms with Gasteiger partial charge in [-0.05, 0) is 57.8 Å². The first-order valence-corrected chi connectivity index (χ1v) is 13.1. The van der Waals surface area contributed by atoms with Crippen LogP contribution in [-0.4, -0.2) is 93.6 Å². The summed E-state index contributed by atoms with van der Waals surface area (Å²) >= 11 is 0. The number of carbonyl (C=O) groups is 3. The van der Waals surface area contributed by atoms with Crippen molar-refractivity contribution in [1.82, 2.24) is 9.80 Å². The summed E-state index contributed by atoms with van der Waals surface area (Å²) < 4.78 is 0. The zero-order chi connectivity index (χ0) is 28.9. The number of carbonyl (C=O) groups excluding carboxylic acids is 3. The molecule has 6 N–H and O–H groups in total. The third-order valence-corrected chi connectivity index (χ3v) is 8.97. The molecule has 0 saturated heterocycles. The number of benzene rings is 1. The highest BCUT2D eigenvalue weighted by Gasteiger charge is 2.64. The van der Waals surface area contributed by atoms with Crippen LogP contribution in [-0.2, 0) is 33.9 Å². The van der Waals surface area contributed by atoms with Gasteiger partial charge in [0.05, 0.1) is 11.6 Å². The predicted molar refractivity (Wildman–Crippen MR) is 143 cm³/mol. The maximum atomic E-state index is 14.1. The van der Waals surface area contributed by atoms with Gasteiger partial charge in [-0.2, -0.15) is 0 Å². The smallest absolute Gasteiger partial charge is 0.255 e. The van der Waals surface area contributed by atoms with E-state index in [0.717, 1.165) is 11.3 Å². The largest absolute Gasteiger partial charge is 0.508 e. The van der Waals surface area contributed by atoms with Crippen LogP contribution in [0.15, 0.2) is 16.9 Å². The highest BCUT2D eigenvalue weighted by atomic mass is 16.3. The number of hydrogen-bond donors (Lipinski definition) is 5. The number of nitrogens with two attached hydrogens (primary N) is 1. The average Bonchev–Trinajstić information content (AvgIpc) is 3.26. The zero-order valence-corrected chi connectivity index (χ0v) is 23.1. The van der Waals surface area contributed by atoms with E-state index in [2.05, 4.69) is 18.7 Å². The van der Waals surface area contributed by atoms with E-state index in [9.17, 15) is 34.8 Å². The minimum absolute atomic E-state index is 0.0641. The van der Waals surface area contributed by atoms with Crippen molar-refractivity contribution in [2.24, 2.45) is 17.6 Å². The number of ketones is 2. The van der Waals surface area contributed by atoms with Crippen molar-refractivity contribution in [3.8, 4) is 5.75 Å². The van der Waals surface area contributed by atoms with Crippen LogP contribution in [0.5, 0.6) is 5.75 Å². The molecule has 5 rings (SSSR count). The highest BCUT2D eigenvalue weighted by Crippen LogP contribution is 2.55. The molecule has 0 aromatic heterocycles. The molecule has 1 saturated carbocycles. The van der Waals surface area contributed by atoms with Gasteiger partial charge in [-0.15, -0.1) is 0 Å². The molecular weight excluding hydrogens is 504 g/mol. The molecule has 4 atom stereocenters. The van der Waals surface area contributed by atoms with E-state index in [4.69, 9.17) is 5.73 Å². The number of primary amides is 1. The molecule has 1 aliphatic heterocycles. The zero-order valence-electron chi connectivity index (χ0n) is 23.1. The lowest BCUT2D eigenvalue weighted by Crippen LogP contribution is -2.65. The van der Waals surface area contributed by atoms with Gasteiger partial charge in [0.1, 0.15) is 22.8 Å². The van der Waals surface area contributed by atoms with Crippen LogP contribution in [0.25, 0.3) is 5.76 Å². The number of Topliss-reactive ketones (excluding diaryl/α,β-unsaturated/α-hetero) is 2. The molecule has 1 fully saturated rings. The van der Waals surface area contributed by atoms with Gasteiger partial charge in [-0.25, -0.2) is 0 Å². The number of fused-ring (bicyclic) bond motifs is 4. The van der Waals surface area contributed by atoms with E-state index >= 15 is 0 Å². The van der Waals surface area contributed by atoms with Gasteiger partial charge in [0.25, 0.3) is 5.91 Å². The average molecular weight is 541 g/mol. The van der Waals surface area contributed by atoms with E-state index in [-0.39, 0.29) is 35.8 Å². The molecule has 11 heteroatoms. The fourth-order valence-corrected chi connectivity index (χ4v) is 7.17. The molecular formula is C28H36N4O7. The second kappa shape index (κ2) is 8.80. The third kappa shape index (κ3) is 3.49. The number of aliphatic hydroxyl groups excluding tert-OH is 2. The van der Waals surface area contributed by atoms with Crippen LogP contribution in [0.3, 0.4) is 0 Å². The second-order valence-corrected chi connectivity index (χ2v) is 11.9. The van der Waals surface area contributed by atoms with Crippen LogP contribution in [0.1, 0.15) is 42.5 Å². The highest BCUT2D eigenvalue weighted by molar-refractivity contribution is 6.24. The summed E-state index contributed by atoms with van der Waals surface area (Å²) in [5.74, 6) is -6.38. The maximum Gasteiger partial charge on any atom is 0.255 e. The Bertz CT molecular complexity index is 1390. The van der Waals surface area contributed by atoms with Crippen molar-refractivity contribution in [3.63, 3.8) is 0 Å². The monoisotopic (exact) mass is 540 g/mol. The Labute approximate surface area is 226 Å². The van der Waals surface area contributed by atoms with Crippen molar-refractivity contribution in [3.05, 3.63) is 39.2 Å². The van der Waals surface area contributed by atoms with Gasteiger partial charge >= 0.3 is 0 Å². The van der Waals surface area contributed by atoms with Crippen molar-refractivity contribution in [1.29, 1.82) is 0 Å². The second-order valence-electron chi connectivity index (χ2n) is 11.9. The summed E-state index contributed by atoms with van der Waals surface area (Å²) in [5, 5.41) is 45.8. The molecule has 0 unspecified atom stereocenters. The molecule has 1 amide bonds. The van der Waals surface area contributed by atoms with E-state index in [1.165, 1.54) is 4.90 Å². The number of phenols is 1. The first kappa shape index (κ1) is 27.2. The van der Waals surface area contributed by atoms with Crippen LogP contribution in [0.4, 0.5) is 5.69 Å².